The van der Waals surface area contributed by atoms with E-state index in [-0.39, 0.29) is 6.04 Å². The van der Waals surface area contributed by atoms with Crippen molar-refractivity contribution in [2.24, 2.45) is 5.73 Å². The first kappa shape index (κ1) is 14.0. The molecule has 0 aromatic heterocycles. The minimum atomic E-state index is 0.193. The van der Waals surface area contributed by atoms with Gasteiger partial charge in [0.15, 0.2) is 0 Å². The second-order valence-electron chi connectivity index (χ2n) is 4.82. The molecule has 0 saturated carbocycles. The maximum Gasteiger partial charge on any atom is 0.0297 e. The molecule has 0 aliphatic heterocycles. The van der Waals surface area contributed by atoms with E-state index in [9.17, 15) is 0 Å². The first-order valence-corrected chi connectivity index (χ1v) is 6.59. The van der Waals surface area contributed by atoms with Crippen molar-refractivity contribution in [3.8, 4) is 0 Å². The Bertz CT molecular complexity index is 355. The summed E-state index contributed by atoms with van der Waals surface area (Å²) in [7, 11) is 0. The molecule has 0 radical (unpaired) electrons. The first-order valence-electron chi connectivity index (χ1n) is 6.59. The Morgan fingerprint density at radius 1 is 1.24 bits per heavy atom. The quantitative estimate of drug-likeness (QED) is 0.545. The van der Waals surface area contributed by atoms with Crippen LogP contribution in [0.4, 0.5) is 0 Å². The zero-order valence-corrected chi connectivity index (χ0v) is 11.2. The topological polar surface area (TPSA) is 26.0 Å². The van der Waals surface area contributed by atoms with E-state index in [1.807, 2.05) is 6.08 Å². The molecule has 0 aliphatic carbocycles. The van der Waals surface area contributed by atoms with Crippen LogP contribution in [-0.2, 0) is 0 Å². The number of benzene rings is 1. The molecule has 1 nitrogen and oxygen atoms in total. The van der Waals surface area contributed by atoms with Crippen LogP contribution in [0.15, 0.2) is 30.9 Å². The van der Waals surface area contributed by atoms with Crippen LogP contribution in [0.5, 0.6) is 0 Å². The van der Waals surface area contributed by atoms with Crippen molar-refractivity contribution in [3.05, 3.63) is 47.5 Å². The largest absolute Gasteiger partial charge is 0.324 e. The average molecular weight is 231 g/mol. The molecule has 17 heavy (non-hydrogen) atoms. The molecule has 1 rings (SSSR count). The molecule has 1 atom stereocenters. The Morgan fingerprint density at radius 3 is 2.71 bits per heavy atom. The van der Waals surface area contributed by atoms with Gasteiger partial charge < -0.3 is 5.73 Å². The SMILES string of the molecule is C=CCCCCCC(N)c1cccc(C)c1C. The summed E-state index contributed by atoms with van der Waals surface area (Å²) in [6.07, 6.45) is 7.90. The summed E-state index contributed by atoms with van der Waals surface area (Å²) in [5.74, 6) is 0. The third-order valence-electron chi connectivity index (χ3n) is 3.47. The van der Waals surface area contributed by atoms with Gasteiger partial charge in [-0.25, -0.2) is 0 Å². The Balaban J connectivity index is 2.44. The maximum absolute atomic E-state index is 6.26. The van der Waals surface area contributed by atoms with Crippen LogP contribution in [-0.4, -0.2) is 0 Å². The van der Waals surface area contributed by atoms with E-state index < -0.39 is 0 Å². The molecule has 0 heterocycles. The highest BCUT2D eigenvalue weighted by Crippen LogP contribution is 2.23. The molecule has 0 saturated heterocycles. The Hall–Kier alpha value is -1.08. The van der Waals surface area contributed by atoms with Gasteiger partial charge in [0.05, 0.1) is 0 Å². The fourth-order valence-corrected chi connectivity index (χ4v) is 2.16. The summed E-state index contributed by atoms with van der Waals surface area (Å²) in [6, 6.07) is 6.61. The molecular weight excluding hydrogens is 206 g/mol. The van der Waals surface area contributed by atoms with Crippen LogP contribution < -0.4 is 5.73 Å². The molecule has 0 aliphatic rings. The highest BCUT2D eigenvalue weighted by Gasteiger charge is 2.09. The van der Waals surface area contributed by atoms with Crippen LogP contribution in [0, 0.1) is 13.8 Å². The monoisotopic (exact) mass is 231 g/mol. The van der Waals surface area contributed by atoms with Gasteiger partial charge in [-0.3, -0.25) is 0 Å². The van der Waals surface area contributed by atoms with Crippen LogP contribution >= 0.6 is 0 Å². The number of aryl methyl sites for hydroxylation is 1. The molecular formula is C16H25N. The zero-order valence-electron chi connectivity index (χ0n) is 11.2. The van der Waals surface area contributed by atoms with Gasteiger partial charge in [0.1, 0.15) is 0 Å². The maximum atomic E-state index is 6.26. The third kappa shape index (κ3) is 4.35. The zero-order chi connectivity index (χ0) is 12.7. The van der Waals surface area contributed by atoms with E-state index in [1.165, 1.54) is 36.0 Å². The lowest BCUT2D eigenvalue weighted by Crippen LogP contribution is -2.12. The molecule has 94 valence electrons. The van der Waals surface area contributed by atoms with Crippen molar-refractivity contribution in [3.63, 3.8) is 0 Å². The van der Waals surface area contributed by atoms with Gasteiger partial charge >= 0.3 is 0 Å². The lowest BCUT2D eigenvalue weighted by molar-refractivity contribution is 0.570. The lowest BCUT2D eigenvalue weighted by Gasteiger charge is -2.16. The smallest absolute Gasteiger partial charge is 0.0297 e. The summed E-state index contributed by atoms with van der Waals surface area (Å²) in [6.45, 7) is 8.05. The molecule has 1 aromatic carbocycles. The normalized spacial score (nSPS) is 12.4. The van der Waals surface area contributed by atoms with Crippen LogP contribution in [0.2, 0.25) is 0 Å². The minimum absolute atomic E-state index is 0.193. The summed E-state index contributed by atoms with van der Waals surface area (Å²) >= 11 is 0. The van der Waals surface area contributed by atoms with Crippen LogP contribution in [0.1, 0.15) is 54.8 Å². The molecule has 0 fully saturated rings. The number of nitrogens with two attached hydrogens (primary N) is 1. The summed E-state index contributed by atoms with van der Waals surface area (Å²) in [5, 5.41) is 0. The first-order chi connectivity index (χ1) is 8.16. The fourth-order valence-electron chi connectivity index (χ4n) is 2.16. The van der Waals surface area contributed by atoms with E-state index in [4.69, 9.17) is 5.73 Å². The van der Waals surface area contributed by atoms with E-state index in [2.05, 4.69) is 38.6 Å². The molecule has 0 bridgehead atoms. The molecule has 0 spiro atoms. The van der Waals surface area contributed by atoms with Crippen molar-refractivity contribution in [2.45, 2.75) is 52.0 Å². The van der Waals surface area contributed by atoms with Gasteiger partial charge in [-0.15, -0.1) is 6.58 Å². The third-order valence-corrected chi connectivity index (χ3v) is 3.47. The number of unbranched alkanes of at least 4 members (excludes halogenated alkanes) is 3. The highest BCUT2D eigenvalue weighted by atomic mass is 14.6. The number of allylic oxidation sites excluding steroid dienone is 1. The van der Waals surface area contributed by atoms with E-state index >= 15 is 0 Å². The van der Waals surface area contributed by atoms with Gasteiger partial charge in [0.25, 0.3) is 0 Å². The second kappa shape index (κ2) is 7.29. The second-order valence-corrected chi connectivity index (χ2v) is 4.82. The molecule has 2 N–H and O–H groups in total. The van der Waals surface area contributed by atoms with Gasteiger partial charge in [-0.05, 0) is 49.8 Å². The standard InChI is InChI=1S/C16H25N/c1-4-5-6-7-8-12-16(17)15-11-9-10-13(2)14(15)3/h4,9-11,16H,1,5-8,12,17H2,2-3H3. The fraction of sp³-hybridized carbons (Fsp3) is 0.500. The Labute approximate surface area is 106 Å². The predicted molar refractivity (Wildman–Crippen MR) is 76.1 cm³/mol. The number of rotatable bonds is 7. The number of hydrogen-bond donors (Lipinski definition) is 1. The van der Waals surface area contributed by atoms with Crippen molar-refractivity contribution in [2.75, 3.05) is 0 Å². The van der Waals surface area contributed by atoms with E-state index in [1.54, 1.807) is 0 Å². The molecule has 1 unspecified atom stereocenters. The Morgan fingerprint density at radius 2 is 2.00 bits per heavy atom. The Kier molecular flexibility index (Phi) is 5.99. The minimum Gasteiger partial charge on any atom is -0.324 e. The summed E-state index contributed by atoms with van der Waals surface area (Å²) in [5.41, 5.74) is 10.3. The van der Waals surface area contributed by atoms with Crippen molar-refractivity contribution in [1.29, 1.82) is 0 Å². The van der Waals surface area contributed by atoms with Gasteiger partial charge in [0.2, 0.25) is 0 Å². The molecule has 1 heteroatoms. The van der Waals surface area contributed by atoms with Gasteiger partial charge in [-0.2, -0.15) is 0 Å². The van der Waals surface area contributed by atoms with Crippen LogP contribution in [0.3, 0.4) is 0 Å². The summed E-state index contributed by atoms with van der Waals surface area (Å²) < 4.78 is 0. The van der Waals surface area contributed by atoms with Gasteiger partial charge in [-0.1, -0.05) is 37.1 Å². The van der Waals surface area contributed by atoms with Gasteiger partial charge in [0, 0.05) is 6.04 Å². The van der Waals surface area contributed by atoms with E-state index in [0.717, 1.165) is 12.8 Å². The summed E-state index contributed by atoms with van der Waals surface area (Å²) in [4.78, 5) is 0. The number of hydrogen-bond acceptors (Lipinski definition) is 1. The van der Waals surface area contributed by atoms with E-state index in [0.29, 0.717) is 0 Å². The van der Waals surface area contributed by atoms with Crippen molar-refractivity contribution in [1.82, 2.24) is 0 Å². The molecule has 0 amide bonds. The average Bonchev–Trinajstić information content (AvgIpc) is 2.32. The van der Waals surface area contributed by atoms with Crippen molar-refractivity contribution >= 4 is 0 Å². The predicted octanol–water partition coefficient (Wildman–Crippen LogP) is 4.44. The van der Waals surface area contributed by atoms with Crippen molar-refractivity contribution < 1.29 is 0 Å². The van der Waals surface area contributed by atoms with Crippen LogP contribution in [0.25, 0.3) is 0 Å². The molecule has 1 aromatic rings. The highest BCUT2D eigenvalue weighted by molar-refractivity contribution is 5.35. The lowest BCUT2D eigenvalue weighted by atomic mass is 9.94.